The third kappa shape index (κ3) is 5.77. The Balaban J connectivity index is 1.65. The van der Waals surface area contributed by atoms with Crippen molar-refractivity contribution in [1.82, 2.24) is 14.9 Å². The van der Waals surface area contributed by atoms with Gasteiger partial charge in [0.15, 0.2) is 11.5 Å². The van der Waals surface area contributed by atoms with Crippen molar-refractivity contribution in [1.29, 1.82) is 0 Å². The second-order valence-electron chi connectivity index (χ2n) is 9.70. The average molecular weight is 520 g/mol. The van der Waals surface area contributed by atoms with Crippen LogP contribution in [0.4, 0.5) is 0 Å². The summed E-state index contributed by atoms with van der Waals surface area (Å²) in [4.78, 5) is 47.8. The summed E-state index contributed by atoms with van der Waals surface area (Å²) in [5, 5.41) is 11.8. The van der Waals surface area contributed by atoms with E-state index in [9.17, 15) is 19.5 Å². The summed E-state index contributed by atoms with van der Waals surface area (Å²) >= 11 is 0. The van der Waals surface area contributed by atoms with Gasteiger partial charge in [-0.3, -0.25) is 24.1 Å². The Hall–Kier alpha value is -3.05. The number of carbonyl (C=O) groups is 3. The Bertz CT molecular complexity index is 1000. The van der Waals surface area contributed by atoms with Crippen LogP contribution in [0.25, 0.3) is 0 Å². The van der Waals surface area contributed by atoms with Crippen LogP contribution in [-0.2, 0) is 19.2 Å². The first kappa shape index (κ1) is 27.0. The average Bonchev–Trinajstić information content (AvgIpc) is 3.60. The molecule has 2 fully saturated rings. The minimum atomic E-state index is -0.971. The zero-order valence-electron chi connectivity index (χ0n) is 21.8. The van der Waals surface area contributed by atoms with Gasteiger partial charge in [0.25, 0.3) is 5.91 Å². The molecule has 3 aliphatic heterocycles. The minimum absolute atomic E-state index is 0.00161. The number of hydrogen-bond acceptors (Lipinski definition) is 8. The molecular weight excluding hydrogens is 482 g/mol. The first-order valence-corrected chi connectivity index (χ1v) is 13.0. The van der Waals surface area contributed by atoms with E-state index in [-0.39, 0.29) is 31.7 Å². The van der Waals surface area contributed by atoms with Gasteiger partial charge in [-0.05, 0) is 37.0 Å². The second kappa shape index (κ2) is 12.0. The maximum Gasteiger partial charge on any atom is 0.308 e. The first-order valence-electron chi connectivity index (χ1n) is 13.0. The molecule has 0 bridgehead atoms. The van der Waals surface area contributed by atoms with Crippen molar-refractivity contribution in [2.75, 3.05) is 53.2 Å². The topological polar surface area (TPSA) is 118 Å². The van der Waals surface area contributed by atoms with Gasteiger partial charge in [-0.15, -0.1) is 0 Å². The van der Waals surface area contributed by atoms with Crippen molar-refractivity contribution in [2.45, 2.75) is 51.5 Å². The molecule has 0 radical (unpaired) electrons. The van der Waals surface area contributed by atoms with Gasteiger partial charge in [0, 0.05) is 44.6 Å². The monoisotopic (exact) mass is 519 g/mol. The van der Waals surface area contributed by atoms with Crippen molar-refractivity contribution >= 4 is 17.8 Å². The van der Waals surface area contributed by atoms with E-state index in [1.54, 1.807) is 17.0 Å². The van der Waals surface area contributed by atoms with E-state index in [4.69, 9.17) is 19.0 Å². The lowest BCUT2D eigenvalue weighted by atomic mass is 9.84. The predicted molar refractivity (Wildman–Crippen MR) is 132 cm³/mol. The maximum absolute atomic E-state index is 13.3. The largest absolute Gasteiger partial charge is 0.493 e. The zero-order chi connectivity index (χ0) is 26.5. The molecule has 2 saturated heterocycles. The van der Waals surface area contributed by atoms with Crippen LogP contribution in [0, 0.1) is 5.92 Å². The smallest absolute Gasteiger partial charge is 0.308 e. The highest BCUT2D eigenvalue weighted by molar-refractivity contribution is 5.80. The standard InChI is InChI=1S/C26H37N3O8/c1-4-8-29(37-10-5-2)23(31)15-28-13-18(17-11-20(34-3)25-21(12-17)35-16-36-25)24(26(32)33)19(28)14-27-9-6-7-22(27)30/h11-12,18-19,24H,4-10,13-16H2,1-3H3,(H,32,33)/t18-,19+,24-/m1/s1. The summed E-state index contributed by atoms with van der Waals surface area (Å²) in [6.45, 7) is 6.05. The molecule has 0 spiro atoms. The van der Waals surface area contributed by atoms with Gasteiger partial charge in [0.2, 0.25) is 18.4 Å². The summed E-state index contributed by atoms with van der Waals surface area (Å²) in [5.74, 6) is -1.01. The Morgan fingerprint density at radius 3 is 2.68 bits per heavy atom. The summed E-state index contributed by atoms with van der Waals surface area (Å²) in [7, 11) is 1.52. The molecule has 0 aromatic heterocycles. The third-order valence-corrected chi connectivity index (χ3v) is 7.22. The number of methoxy groups -OCH3 is 1. The van der Waals surface area contributed by atoms with Gasteiger partial charge in [-0.2, -0.15) is 0 Å². The van der Waals surface area contributed by atoms with Crippen LogP contribution in [0.2, 0.25) is 0 Å². The van der Waals surface area contributed by atoms with Crippen LogP contribution in [0.5, 0.6) is 17.2 Å². The molecule has 1 aromatic carbocycles. The normalized spacial score (nSPS) is 23.1. The van der Waals surface area contributed by atoms with E-state index >= 15 is 0 Å². The zero-order valence-corrected chi connectivity index (χ0v) is 21.8. The van der Waals surface area contributed by atoms with Crippen LogP contribution in [0.1, 0.15) is 51.0 Å². The van der Waals surface area contributed by atoms with E-state index in [0.717, 1.165) is 24.8 Å². The fourth-order valence-corrected chi connectivity index (χ4v) is 5.46. The second-order valence-corrected chi connectivity index (χ2v) is 9.70. The summed E-state index contributed by atoms with van der Waals surface area (Å²) in [6.07, 6.45) is 2.71. The lowest BCUT2D eigenvalue weighted by molar-refractivity contribution is -0.188. The fraction of sp³-hybridized carbons (Fsp3) is 0.654. The van der Waals surface area contributed by atoms with E-state index in [0.29, 0.717) is 49.9 Å². The molecule has 0 saturated carbocycles. The van der Waals surface area contributed by atoms with E-state index in [2.05, 4.69) is 0 Å². The Labute approximate surface area is 217 Å². The number of hydrogen-bond donors (Lipinski definition) is 1. The van der Waals surface area contributed by atoms with Crippen molar-refractivity contribution in [3.63, 3.8) is 0 Å². The summed E-state index contributed by atoms with van der Waals surface area (Å²) in [5.41, 5.74) is 0.730. The molecule has 0 unspecified atom stereocenters. The lowest BCUT2D eigenvalue weighted by Crippen LogP contribution is -2.49. The number of aliphatic carboxylic acids is 1. The van der Waals surface area contributed by atoms with E-state index in [1.807, 2.05) is 18.7 Å². The fourth-order valence-electron chi connectivity index (χ4n) is 5.46. The van der Waals surface area contributed by atoms with Gasteiger partial charge < -0.3 is 24.2 Å². The van der Waals surface area contributed by atoms with Gasteiger partial charge in [0.05, 0.1) is 26.2 Å². The van der Waals surface area contributed by atoms with Gasteiger partial charge in [0.1, 0.15) is 0 Å². The Morgan fingerprint density at radius 2 is 2.03 bits per heavy atom. The first-order chi connectivity index (χ1) is 17.9. The highest BCUT2D eigenvalue weighted by Gasteiger charge is 2.49. The molecular formula is C26H37N3O8. The highest BCUT2D eigenvalue weighted by Crippen LogP contribution is 2.47. The van der Waals surface area contributed by atoms with Crippen LogP contribution < -0.4 is 14.2 Å². The molecule has 3 heterocycles. The van der Waals surface area contributed by atoms with Crippen LogP contribution in [0.15, 0.2) is 12.1 Å². The molecule has 1 N–H and O–H groups in total. The summed E-state index contributed by atoms with van der Waals surface area (Å²) in [6, 6.07) is 3.04. The minimum Gasteiger partial charge on any atom is -0.493 e. The maximum atomic E-state index is 13.3. The number of fused-ring (bicyclic) bond motifs is 1. The van der Waals surface area contributed by atoms with E-state index in [1.165, 1.54) is 12.2 Å². The number of benzene rings is 1. The Kier molecular flexibility index (Phi) is 8.75. The third-order valence-electron chi connectivity index (χ3n) is 7.22. The molecule has 0 aliphatic carbocycles. The number of hydroxylamine groups is 2. The van der Waals surface area contributed by atoms with Crippen LogP contribution in [0.3, 0.4) is 0 Å². The quantitative estimate of drug-likeness (QED) is 0.414. The number of likely N-dealkylation sites (tertiary alicyclic amines) is 2. The molecule has 1 aromatic rings. The van der Waals surface area contributed by atoms with Gasteiger partial charge in [-0.25, -0.2) is 5.06 Å². The van der Waals surface area contributed by atoms with Gasteiger partial charge in [-0.1, -0.05) is 13.8 Å². The molecule has 37 heavy (non-hydrogen) atoms. The van der Waals surface area contributed by atoms with Gasteiger partial charge >= 0.3 is 5.97 Å². The molecule has 11 heteroatoms. The Morgan fingerprint density at radius 1 is 1.22 bits per heavy atom. The number of carboxylic acid groups (broad SMARTS) is 1. The van der Waals surface area contributed by atoms with Crippen LogP contribution in [-0.4, -0.2) is 97.0 Å². The molecule has 4 rings (SSSR count). The predicted octanol–water partition coefficient (Wildman–Crippen LogP) is 2.10. The molecule has 3 aliphatic rings. The molecule has 11 nitrogen and oxygen atoms in total. The number of ether oxygens (including phenoxy) is 3. The number of carbonyl (C=O) groups excluding carboxylic acids is 2. The number of amides is 2. The van der Waals surface area contributed by atoms with Crippen molar-refractivity contribution < 1.29 is 38.5 Å². The molecule has 2 amide bonds. The lowest BCUT2D eigenvalue weighted by Gasteiger charge is -2.31. The van der Waals surface area contributed by atoms with Crippen LogP contribution >= 0.6 is 0 Å². The number of nitrogens with zero attached hydrogens (tertiary/aromatic N) is 3. The molecule has 3 atom stereocenters. The SMILES string of the molecule is CCCON(CCC)C(=O)CN1C[C@H](c2cc(OC)c3c(c2)OCO3)[C@@H](C(=O)O)[C@@H]1CN1CCCC1=O. The van der Waals surface area contributed by atoms with Crippen molar-refractivity contribution in [2.24, 2.45) is 5.92 Å². The summed E-state index contributed by atoms with van der Waals surface area (Å²) < 4.78 is 16.6. The van der Waals surface area contributed by atoms with Crippen molar-refractivity contribution in [3.05, 3.63) is 17.7 Å². The van der Waals surface area contributed by atoms with E-state index < -0.39 is 23.8 Å². The van der Waals surface area contributed by atoms with Crippen molar-refractivity contribution in [3.8, 4) is 17.2 Å². The number of rotatable bonds is 12. The number of carboxylic acids is 1. The molecule has 204 valence electrons. The highest BCUT2D eigenvalue weighted by atomic mass is 16.7.